The second-order valence-corrected chi connectivity index (χ2v) is 7.94. The SMILES string of the molecule is C[C@H](OC(=O)c1cccc(NC(=O)OC(C)(C)C)c1)C(=O)N(C)Cc1ccccc1. The van der Waals surface area contributed by atoms with Crippen LogP contribution in [0.3, 0.4) is 0 Å². The molecular weight excluding hydrogens is 384 g/mol. The van der Waals surface area contributed by atoms with Crippen LogP contribution in [-0.2, 0) is 20.8 Å². The summed E-state index contributed by atoms with van der Waals surface area (Å²) in [7, 11) is 1.66. The molecule has 2 aromatic rings. The van der Waals surface area contributed by atoms with Gasteiger partial charge in [0.05, 0.1) is 5.56 Å². The molecule has 2 aromatic carbocycles. The lowest BCUT2D eigenvalue weighted by Crippen LogP contribution is -2.37. The molecule has 0 bridgehead atoms. The van der Waals surface area contributed by atoms with Crippen LogP contribution in [-0.4, -0.2) is 41.6 Å². The number of likely N-dealkylation sites (N-methyl/N-ethyl adjacent to an activating group) is 1. The van der Waals surface area contributed by atoms with Crippen LogP contribution in [0.15, 0.2) is 54.6 Å². The molecule has 0 aliphatic heterocycles. The molecule has 0 heterocycles. The molecule has 0 spiro atoms. The summed E-state index contributed by atoms with van der Waals surface area (Å²) < 4.78 is 10.5. The van der Waals surface area contributed by atoms with Gasteiger partial charge in [-0.05, 0) is 51.5 Å². The highest BCUT2D eigenvalue weighted by Gasteiger charge is 2.23. The Morgan fingerprint density at radius 3 is 2.33 bits per heavy atom. The molecule has 0 aliphatic rings. The van der Waals surface area contributed by atoms with E-state index in [1.54, 1.807) is 46.0 Å². The van der Waals surface area contributed by atoms with Crippen molar-refractivity contribution < 1.29 is 23.9 Å². The Kier molecular flexibility index (Phi) is 7.58. The van der Waals surface area contributed by atoms with Gasteiger partial charge in [0.1, 0.15) is 5.60 Å². The molecule has 160 valence electrons. The Labute approximate surface area is 177 Å². The van der Waals surface area contributed by atoms with E-state index >= 15 is 0 Å². The Hall–Kier alpha value is -3.35. The normalized spacial score (nSPS) is 11.9. The van der Waals surface area contributed by atoms with Gasteiger partial charge >= 0.3 is 12.1 Å². The summed E-state index contributed by atoms with van der Waals surface area (Å²) in [4.78, 5) is 38.4. The van der Waals surface area contributed by atoms with Gasteiger partial charge in [-0.1, -0.05) is 36.4 Å². The summed E-state index contributed by atoms with van der Waals surface area (Å²) in [6.07, 6.45) is -1.58. The van der Waals surface area contributed by atoms with Crippen molar-refractivity contribution in [2.75, 3.05) is 12.4 Å². The van der Waals surface area contributed by atoms with Crippen LogP contribution in [0, 0.1) is 0 Å². The third kappa shape index (κ3) is 7.24. The zero-order valence-corrected chi connectivity index (χ0v) is 18.0. The highest BCUT2D eigenvalue weighted by atomic mass is 16.6. The maximum Gasteiger partial charge on any atom is 0.412 e. The minimum Gasteiger partial charge on any atom is -0.449 e. The van der Waals surface area contributed by atoms with Gasteiger partial charge in [-0.3, -0.25) is 10.1 Å². The van der Waals surface area contributed by atoms with Gasteiger partial charge in [-0.15, -0.1) is 0 Å². The molecule has 0 aliphatic carbocycles. The van der Waals surface area contributed by atoms with Crippen molar-refractivity contribution in [2.45, 2.75) is 45.9 Å². The van der Waals surface area contributed by atoms with E-state index in [0.717, 1.165) is 5.56 Å². The van der Waals surface area contributed by atoms with Crippen LogP contribution in [0.5, 0.6) is 0 Å². The maximum absolute atomic E-state index is 12.5. The fraction of sp³-hybridized carbons (Fsp3) is 0.348. The van der Waals surface area contributed by atoms with E-state index < -0.39 is 23.8 Å². The fourth-order valence-corrected chi connectivity index (χ4v) is 2.67. The van der Waals surface area contributed by atoms with Crippen molar-refractivity contribution in [2.24, 2.45) is 0 Å². The van der Waals surface area contributed by atoms with Crippen LogP contribution in [0.4, 0.5) is 10.5 Å². The molecule has 2 amide bonds. The highest BCUT2D eigenvalue weighted by molar-refractivity contribution is 5.94. The van der Waals surface area contributed by atoms with Crippen molar-refractivity contribution in [3.8, 4) is 0 Å². The summed E-state index contributed by atoms with van der Waals surface area (Å²) in [5.74, 6) is -0.966. The number of carbonyl (C=O) groups is 3. The molecule has 2 rings (SSSR count). The smallest absolute Gasteiger partial charge is 0.412 e. The number of rotatable bonds is 6. The van der Waals surface area contributed by atoms with E-state index in [0.29, 0.717) is 12.2 Å². The number of ether oxygens (including phenoxy) is 2. The molecule has 0 saturated heterocycles. The number of carbonyl (C=O) groups excluding carboxylic acids is 3. The van der Waals surface area contributed by atoms with Gasteiger partial charge in [-0.2, -0.15) is 0 Å². The van der Waals surface area contributed by atoms with Crippen molar-refractivity contribution in [3.05, 3.63) is 65.7 Å². The quantitative estimate of drug-likeness (QED) is 0.718. The fourth-order valence-electron chi connectivity index (χ4n) is 2.67. The number of hydrogen-bond acceptors (Lipinski definition) is 5. The largest absolute Gasteiger partial charge is 0.449 e. The Morgan fingerprint density at radius 2 is 1.70 bits per heavy atom. The first-order chi connectivity index (χ1) is 14.0. The van der Waals surface area contributed by atoms with Crippen molar-refractivity contribution in [1.82, 2.24) is 4.90 Å². The van der Waals surface area contributed by atoms with Gasteiger partial charge in [0.25, 0.3) is 5.91 Å². The van der Waals surface area contributed by atoms with Gasteiger partial charge in [-0.25, -0.2) is 9.59 Å². The predicted molar refractivity (Wildman–Crippen MR) is 114 cm³/mol. The average Bonchev–Trinajstić information content (AvgIpc) is 2.66. The first-order valence-corrected chi connectivity index (χ1v) is 9.65. The van der Waals surface area contributed by atoms with Crippen LogP contribution >= 0.6 is 0 Å². The molecular formula is C23H28N2O5. The predicted octanol–water partition coefficient (Wildman–Crippen LogP) is 4.24. The van der Waals surface area contributed by atoms with Crippen molar-refractivity contribution >= 4 is 23.7 Å². The number of amides is 2. The van der Waals surface area contributed by atoms with Crippen LogP contribution in [0.25, 0.3) is 0 Å². The second-order valence-electron chi connectivity index (χ2n) is 7.94. The lowest BCUT2D eigenvalue weighted by molar-refractivity contribution is -0.139. The first kappa shape index (κ1) is 22.9. The molecule has 0 unspecified atom stereocenters. The third-order valence-electron chi connectivity index (χ3n) is 4.01. The van der Waals surface area contributed by atoms with Crippen LogP contribution < -0.4 is 5.32 Å². The summed E-state index contributed by atoms with van der Waals surface area (Å²) in [6, 6.07) is 15.8. The Morgan fingerprint density at radius 1 is 1.03 bits per heavy atom. The number of anilines is 1. The molecule has 30 heavy (non-hydrogen) atoms. The van der Waals surface area contributed by atoms with Crippen LogP contribution in [0.1, 0.15) is 43.6 Å². The molecule has 0 saturated carbocycles. The van der Waals surface area contributed by atoms with E-state index in [1.165, 1.54) is 17.9 Å². The maximum atomic E-state index is 12.5. The number of nitrogens with one attached hydrogen (secondary N) is 1. The number of benzene rings is 2. The second kappa shape index (κ2) is 9.91. The standard InChI is InChI=1S/C23H28N2O5/c1-16(20(26)25(5)15-17-10-7-6-8-11-17)29-21(27)18-12-9-13-19(14-18)24-22(28)30-23(2,3)4/h6-14,16H,15H2,1-5H3,(H,24,28)/t16-/m0/s1. The van der Waals surface area contributed by atoms with E-state index in [1.807, 2.05) is 30.3 Å². The van der Waals surface area contributed by atoms with Gasteiger partial charge < -0.3 is 14.4 Å². The van der Waals surface area contributed by atoms with E-state index in [4.69, 9.17) is 9.47 Å². The van der Waals surface area contributed by atoms with E-state index in [2.05, 4.69) is 5.32 Å². The summed E-state index contributed by atoms with van der Waals surface area (Å²) in [6.45, 7) is 7.22. The Bertz CT molecular complexity index is 890. The minimum atomic E-state index is -0.950. The van der Waals surface area contributed by atoms with E-state index in [9.17, 15) is 14.4 Å². The van der Waals surface area contributed by atoms with Crippen LogP contribution in [0.2, 0.25) is 0 Å². The van der Waals surface area contributed by atoms with Gasteiger partial charge in [0, 0.05) is 19.3 Å². The number of hydrogen-bond donors (Lipinski definition) is 1. The van der Waals surface area contributed by atoms with Gasteiger partial charge in [0.2, 0.25) is 0 Å². The van der Waals surface area contributed by atoms with Crippen molar-refractivity contribution in [3.63, 3.8) is 0 Å². The monoisotopic (exact) mass is 412 g/mol. The lowest BCUT2D eigenvalue weighted by Gasteiger charge is -2.22. The molecule has 1 atom stereocenters. The minimum absolute atomic E-state index is 0.217. The molecule has 7 heteroatoms. The third-order valence-corrected chi connectivity index (χ3v) is 4.01. The summed E-state index contributed by atoms with van der Waals surface area (Å²) in [5, 5.41) is 2.57. The molecule has 7 nitrogen and oxygen atoms in total. The zero-order valence-electron chi connectivity index (χ0n) is 18.0. The topological polar surface area (TPSA) is 84.9 Å². The average molecular weight is 412 g/mol. The lowest BCUT2D eigenvalue weighted by atomic mass is 10.2. The Balaban J connectivity index is 1.96. The molecule has 0 radical (unpaired) electrons. The van der Waals surface area contributed by atoms with Gasteiger partial charge in [0.15, 0.2) is 6.10 Å². The molecule has 1 N–H and O–H groups in total. The molecule has 0 aromatic heterocycles. The summed E-state index contributed by atoms with van der Waals surface area (Å²) in [5.41, 5.74) is 0.947. The van der Waals surface area contributed by atoms with Crippen molar-refractivity contribution in [1.29, 1.82) is 0 Å². The molecule has 0 fully saturated rings. The summed E-state index contributed by atoms with van der Waals surface area (Å²) >= 11 is 0. The number of nitrogens with zero attached hydrogens (tertiary/aromatic N) is 1. The number of esters is 1. The highest BCUT2D eigenvalue weighted by Crippen LogP contribution is 2.15. The zero-order chi connectivity index (χ0) is 22.3. The van der Waals surface area contributed by atoms with E-state index in [-0.39, 0.29) is 11.5 Å². The first-order valence-electron chi connectivity index (χ1n) is 9.65.